The lowest BCUT2D eigenvalue weighted by atomic mass is 9.77. The SMILES string of the molecule is CC(C)(Cc1cc2c(/C=C/c3cccs3)nn(C(c3ccccc3)(c3ccccc3)c3ccccc3)c2cc1F)OC(N)=O. The van der Waals surface area contributed by atoms with Gasteiger partial charge in [-0.25, -0.2) is 13.9 Å². The van der Waals surface area contributed by atoms with Gasteiger partial charge in [0.2, 0.25) is 0 Å². The van der Waals surface area contributed by atoms with Crippen LogP contribution in [0.2, 0.25) is 0 Å². The summed E-state index contributed by atoms with van der Waals surface area (Å²) in [5.41, 5.74) is 8.04. The molecule has 0 unspecified atom stereocenters. The second-order valence-electron chi connectivity index (χ2n) is 11.3. The van der Waals surface area contributed by atoms with Crippen LogP contribution in [0.5, 0.6) is 0 Å². The number of hydrogen-bond acceptors (Lipinski definition) is 4. The Morgan fingerprint density at radius 1 is 0.864 bits per heavy atom. The zero-order valence-electron chi connectivity index (χ0n) is 24.5. The van der Waals surface area contributed by atoms with Crippen molar-refractivity contribution in [3.05, 3.63) is 159 Å². The van der Waals surface area contributed by atoms with Gasteiger partial charge in [0.15, 0.2) is 0 Å². The Morgan fingerprint density at radius 2 is 1.43 bits per heavy atom. The highest BCUT2D eigenvalue weighted by atomic mass is 32.1. The van der Waals surface area contributed by atoms with Gasteiger partial charge in [-0.2, -0.15) is 5.10 Å². The number of halogens is 1. The zero-order chi connectivity index (χ0) is 30.7. The van der Waals surface area contributed by atoms with Gasteiger partial charge in [0.25, 0.3) is 0 Å². The normalized spacial score (nSPS) is 12.2. The van der Waals surface area contributed by atoms with Crippen molar-refractivity contribution in [1.82, 2.24) is 9.78 Å². The highest BCUT2D eigenvalue weighted by molar-refractivity contribution is 7.10. The minimum atomic E-state index is -1.01. The van der Waals surface area contributed by atoms with E-state index < -0.39 is 23.1 Å². The van der Waals surface area contributed by atoms with Gasteiger partial charge in [-0.1, -0.05) is 97.1 Å². The monoisotopic (exact) mass is 601 g/mol. The van der Waals surface area contributed by atoms with Crippen molar-refractivity contribution in [2.45, 2.75) is 31.4 Å². The van der Waals surface area contributed by atoms with E-state index in [0.29, 0.717) is 16.8 Å². The lowest BCUT2D eigenvalue weighted by Gasteiger charge is -2.37. The number of ether oxygens (including phenoxy) is 1. The third-order valence-electron chi connectivity index (χ3n) is 7.71. The summed E-state index contributed by atoms with van der Waals surface area (Å²) in [4.78, 5) is 12.6. The molecule has 0 saturated carbocycles. The molecule has 4 aromatic carbocycles. The minimum Gasteiger partial charge on any atom is -0.443 e. The Kier molecular flexibility index (Phi) is 7.89. The lowest BCUT2D eigenvalue weighted by molar-refractivity contribution is 0.0454. The molecule has 44 heavy (non-hydrogen) atoms. The molecule has 5 nitrogen and oxygen atoms in total. The van der Waals surface area contributed by atoms with Crippen LogP contribution in [0.15, 0.2) is 121 Å². The predicted molar refractivity (Wildman–Crippen MR) is 176 cm³/mol. The standard InChI is InChI=1S/C37H32FN3O2S/c1-36(2,43-35(39)42)25-26-23-31-33(21-20-30-19-12-22-44-30)40-41(34(31)24-32(26)38)37(27-13-6-3-7-14-27,28-15-8-4-9-16-28)29-17-10-5-11-18-29/h3-24H,25H2,1-2H3,(H2,39,42)/b21-20+. The first-order chi connectivity index (χ1) is 21.3. The summed E-state index contributed by atoms with van der Waals surface area (Å²) in [7, 11) is 0. The van der Waals surface area contributed by atoms with Crippen LogP contribution in [-0.4, -0.2) is 21.5 Å². The molecule has 0 spiro atoms. The zero-order valence-corrected chi connectivity index (χ0v) is 25.3. The number of rotatable bonds is 9. The first-order valence-corrected chi connectivity index (χ1v) is 15.2. The van der Waals surface area contributed by atoms with Gasteiger partial charge in [-0.3, -0.25) is 0 Å². The number of fused-ring (bicyclic) bond motifs is 1. The fraction of sp³-hybridized carbons (Fsp3) is 0.135. The molecule has 2 N–H and O–H groups in total. The van der Waals surface area contributed by atoms with Crippen molar-refractivity contribution >= 4 is 40.5 Å². The van der Waals surface area contributed by atoms with E-state index >= 15 is 4.39 Å². The number of benzene rings is 4. The Balaban J connectivity index is 1.68. The van der Waals surface area contributed by atoms with Crippen LogP contribution in [0.3, 0.4) is 0 Å². The molecule has 0 atom stereocenters. The topological polar surface area (TPSA) is 70.1 Å². The van der Waals surface area contributed by atoms with E-state index in [-0.39, 0.29) is 6.42 Å². The van der Waals surface area contributed by atoms with Gasteiger partial charge in [0, 0.05) is 22.8 Å². The molecule has 1 amide bonds. The number of carbonyl (C=O) groups is 1. The molecule has 0 fully saturated rings. The Bertz CT molecular complexity index is 1820. The van der Waals surface area contributed by atoms with Crippen molar-refractivity contribution in [3.63, 3.8) is 0 Å². The molecular formula is C37H32FN3O2S. The van der Waals surface area contributed by atoms with Crippen molar-refractivity contribution in [2.75, 3.05) is 0 Å². The molecule has 6 aromatic rings. The van der Waals surface area contributed by atoms with Crippen molar-refractivity contribution < 1.29 is 13.9 Å². The summed E-state index contributed by atoms with van der Waals surface area (Å²) < 4.78 is 23.4. The van der Waals surface area contributed by atoms with E-state index in [1.165, 1.54) is 0 Å². The molecule has 220 valence electrons. The Labute approximate surface area is 260 Å². The van der Waals surface area contributed by atoms with Crippen LogP contribution in [0, 0.1) is 5.82 Å². The highest BCUT2D eigenvalue weighted by Gasteiger charge is 2.41. The summed E-state index contributed by atoms with van der Waals surface area (Å²) in [6, 6.07) is 38.0. The molecule has 0 saturated heterocycles. The van der Waals surface area contributed by atoms with E-state index in [1.807, 2.05) is 95.0 Å². The number of thiophene rings is 1. The summed E-state index contributed by atoms with van der Waals surface area (Å²) in [5.74, 6) is -0.420. The molecule has 0 bridgehead atoms. The van der Waals surface area contributed by atoms with Crippen LogP contribution >= 0.6 is 11.3 Å². The van der Waals surface area contributed by atoms with Gasteiger partial charge in [-0.15, -0.1) is 11.3 Å². The van der Waals surface area contributed by atoms with E-state index in [1.54, 1.807) is 31.3 Å². The van der Waals surface area contributed by atoms with Crippen LogP contribution in [-0.2, 0) is 16.7 Å². The molecular weight excluding hydrogens is 569 g/mol. The number of hydrogen-bond donors (Lipinski definition) is 1. The Morgan fingerprint density at radius 3 is 1.93 bits per heavy atom. The first kappa shape index (κ1) is 29.1. The largest absolute Gasteiger partial charge is 0.443 e. The number of nitrogens with two attached hydrogens (primary N) is 1. The maximum absolute atomic E-state index is 16.2. The third-order valence-corrected chi connectivity index (χ3v) is 8.55. The van der Waals surface area contributed by atoms with Gasteiger partial charge in [-0.05, 0) is 65.8 Å². The molecule has 2 heterocycles. The average molecular weight is 602 g/mol. The van der Waals surface area contributed by atoms with Crippen molar-refractivity contribution in [1.29, 1.82) is 0 Å². The summed E-state index contributed by atoms with van der Waals surface area (Å²) >= 11 is 1.63. The highest BCUT2D eigenvalue weighted by Crippen LogP contribution is 2.43. The second-order valence-corrected chi connectivity index (χ2v) is 12.3. The molecule has 0 radical (unpaired) electrons. The number of aromatic nitrogens is 2. The van der Waals surface area contributed by atoms with Gasteiger partial charge in [0.1, 0.15) is 17.0 Å². The fourth-order valence-corrected chi connectivity index (χ4v) is 6.55. The molecule has 0 aliphatic rings. The van der Waals surface area contributed by atoms with E-state index in [9.17, 15) is 4.79 Å². The maximum Gasteiger partial charge on any atom is 0.405 e. The van der Waals surface area contributed by atoms with Gasteiger partial charge < -0.3 is 10.5 Å². The quantitative estimate of drug-likeness (QED) is 0.169. The predicted octanol–water partition coefficient (Wildman–Crippen LogP) is 8.66. The summed E-state index contributed by atoms with van der Waals surface area (Å²) in [5, 5.41) is 8.08. The number of amides is 1. The Hall–Kier alpha value is -5.01. The number of carbonyl (C=O) groups excluding carboxylic acids is 1. The molecule has 7 heteroatoms. The van der Waals surface area contributed by atoms with Crippen LogP contribution in [0.1, 0.15) is 46.7 Å². The second kappa shape index (κ2) is 11.9. The smallest absolute Gasteiger partial charge is 0.405 e. The van der Waals surface area contributed by atoms with Gasteiger partial charge in [0.05, 0.1) is 11.2 Å². The summed E-state index contributed by atoms with van der Waals surface area (Å²) in [6.07, 6.45) is 3.23. The average Bonchev–Trinajstić information content (AvgIpc) is 3.66. The van der Waals surface area contributed by atoms with E-state index in [4.69, 9.17) is 15.6 Å². The summed E-state index contributed by atoms with van der Waals surface area (Å²) in [6.45, 7) is 3.43. The lowest BCUT2D eigenvalue weighted by Crippen LogP contribution is -2.38. The molecule has 0 aliphatic carbocycles. The van der Waals surface area contributed by atoms with Crippen LogP contribution in [0.25, 0.3) is 23.1 Å². The fourth-order valence-electron chi connectivity index (χ4n) is 5.94. The molecule has 6 rings (SSSR count). The number of primary amides is 1. The van der Waals surface area contributed by atoms with E-state index in [2.05, 4.69) is 36.4 Å². The van der Waals surface area contributed by atoms with E-state index in [0.717, 1.165) is 27.0 Å². The molecule has 0 aliphatic heterocycles. The molecule has 2 aromatic heterocycles. The van der Waals surface area contributed by atoms with Crippen LogP contribution in [0.4, 0.5) is 9.18 Å². The van der Waals surface area contributed by atoms with Gasteiger partial charge >= 0.3 is 6.09 Å². The van der Waals surface area contributed by atoms with Crippen molar-refractivity contribution in [2.24, 2.45) is 5.73 Å². The van der Waals surface area contributed by atoms with Crippen LogP contribution < -0.4 is 5.73 Å². The maximum atomic E-state index is 16.2. The first-order valence-electron chi connectivity index (χ1n) is 14.4. The van der Waals surface area contributed by atoms with Crippen molar-refractivity contribution in [3.8, 4) is 0 Å². The third kappa shape index (κ3) is 5.54. The minimum absolute atomic E-state index is 0.137. The number of nitrogens with zero attached hydrogens (tertiary/aromatic N) is 2.